The Kier molecular flexibility index (Phi) is 5.15. The Balaban J connectivity index is 1.54. The summed E-state index contributed by atoms with van der Waals surface area (Å²) in [5.74, 6) is 0.196. The van der Waals surface area contributed by atoms with Crippen molar-refractivity contribution in [3.8, 4) is 5.75 Å². The number of ether oxygens (including phenoxy) is 1. The first-order chi connectivity index (χ1) is 15.7. The summed E-state index contributed by atoms with van der Waals surface area (Å²) >= 11 is 0. The number of para-hydroxylation sites is 1. The van der Waals surface area contributed by atoms with Crippen molar-refractivity contribution < 1.29 is 14.6 Å². The quantitative estimate of drug-likeness (QED) is 0.459. The highest BCUT2D eigenvalue weighted by Crippen LogP contribution is 2.45. The minimum Gasteiger partial charge on any atom is -0.503 e. The van der Waals surface area contributed by atoms with Crippen LogP contribution in [0.3, 0.4) is 0 Å². The first-order valence-electron chi connectivity index (χ1n) is 10.6. The van der Waals surface area contributed by atoms with Crippen LogP contribution in [0.1, 0.15) is 23.6 Å². The van der Waals surface area contributed by atoms with E-state index in [0.717, 1.165) is 40.7 Å². The molecule has 0 spiro atoms. The molecule has 0 aliphatic carbocycles. The van der Waals surface area contributed by atoms with Crippen molar-refractivity contribution in [2.75, 3.05) is 13.7 Å². The molecule has 0 radical (unpaired) electrons. The molecule has 1 aliphatic rings. The van der Waals surface area contributed by atoms with E-state index in [0.29, 0.717) is 12.1 Å². The number of aryl methyl sites for hydroxylation is 1. The number of aliphatic hydroxyl groups excluding tert-OH is 1. The molecule has 3 heterocycles. The lowest BCUT2D eigenvalue weighted by molar-refractivity contribution is -0.129. The Morgan fingerprint density at radius 3 is 2.69 bits per heavy atom. The van der Waals surface area contributed by atoms with Crippen LogP contribution in [0.5, 0.6) is 5.75 Å². The van der Waals surface area contributed by atoms with E-state index in [1.807, 2.05) is 65.5 Å². The van der Waals surface area contributed by atoms with Crippen molar-refractivity contribution in [3.05, 3.63) is 90.3 Å². The molecule has 7 nitrogen and oxygen atoms in total. The summed E-state index contributed by atoms with van der Waals surface area (Å²) in [6, 6.07) is 15.2. The molecule has 4 aromatic rings. The van der Waals surface area contributed by atoms with Gasteiger partial charge in [-0.15, -0.1) is 0 Å². The molecule has 2 aromatic carbocycles. The van der Waals surface area contributed by atoms with Crippen molar-refractivity contribution in [3.63, 3.8) is 0 Å². The summed E-state index contributed by atoms with van der Waals surface area (Å²) in [5.41, 5.74) is 3.35. The van der Waals surface area contributed by atoms with E-state index in [1.54, 1.807) is 24.5 Å². The highest BCUT2D eigenvalue weighted by atomic mass is 16.5. The molecule has 5 rings (SSSR count). The number of aromatic nitrogens is 3. The SMILES string of the molecule is COc1ccc(C2C(c3c[nH]c4ccccc34)=C(O)C(=O)N2CCCn2ccnc2)cc1. The van der Waals surface area contributed by atoms with Gasteiger partial charge in [-0.25, -0.2) is 4.98 Å². The average Bonchev–Trinajstić information content (AvgIpc) is 3.55. The molecular formula is C25H24N4O3. The number of aromatic amines is 1. The fourth-order valence-electron chi connectivity index (χ4n) is 4.43. The molecule has 0 saturated carbocycles. The predicted octanol–water partition coefficient (Wildman–Crippen LogP) is 4.32. The molecule has 7 heteroatoms. The van der Waals surface area contributed by atoms with Gasteiger partial charge in [-0.2, -0.15) is 0 Å². The number of methoxy groups -OCH3 is 1. The summed E-state index contributed by atoms with van der Waals surface area (Å²) in [6.07, 6.45) is 8.02. The van der Waals surface area contributed by atoms with Gasteiger partial charge in [0.05, 0.1) is 19.5 Å². The number of imidazole rings is 1. The Morgan fingerprint density at radius 2 is 1.94 bits per heavy atom. The Morgan fingerprint density at radius 1 is 1.12 bits per heavy atom. The van der Waals surface area contributed by atoms with Gasteiger partial charge < -0.3 is 24.3 Å². The topological polar surface area (TPSA) is 83.4 Å². The van der Waals surface area contributed by atoms with Gasteiger partial charge in [-0.05, 0) is 30.2 Å². The van der Waals surface area contributed by atoms with E-state index < -0.39 is 6.04 Å². The minimum absolute atomic E-state index is 0.196. The van der Waals surface area contributed by atoms with Crippen LogP contribution < -0.4 is 4.74 Å². The van der Waals surface area contributed by atoms with Crippen molar-refractivity contribution >= 4 is 22.4 Å². The second-order valence-electron chi connectivity index (χ2n) is 7.84. The molecule has 0 bridgehead atoms. The van der Waals surface area contributed by atoms with Gasteiger partial charge in [0.1, 0.15) is 5.75 Å². The van der Waals surface area contributed by atoms with Gasteiger partial charge in [0.25, 0.3) is 5.91 Å². The highest BCUT2D eigenvalue weighted by molar-refractivity contribution is 6.08. The van der Waals surface area contributed by atoms with Crippen LogP contribution in [0.25, 0.3) is 16.5 Å². The summed E-state index contributed by atoms with van der Waals surface area (Å²) in [4.78, 5) is 22.3. The average molecular weight is 428 g/mol. The van der Waals surface area contributed by atoms with Gasteiger partial charge >= 0.3 is 0 Å². The summed E-state index contributed by atoms with van der Waals surface area (Å²) in [6.45, 7) is 1.24. The van der Waals surface area contributed by atoms with Crippen LogP contribution in [-0.4, -0.2) is 44.1 Å². The number of nitrogens with one attached hydrogen (secondary N) is 1. The van der Waals surface area contributed by atoms with Crippen LogP contribution in [-0.2, 0) is 11.3 Å². The van der Waals surface area contributed by atoms with Crippen LogP contribution in [0, 0.1) is 0 Å². The number of benzene rings is 2. The standard InChI is InChI=1S/C25H24N4O3/c1-32-18-9-7-17(8-10-18)23-22(20-15-27-21-6-3-2-5-19(20)21)24(30)25(31)29(23)13-4-12-28-14-11-26-16-28/h2-3,5-11,14-16,23,27,30H,4,12-13H2,1H3. The van der Waals surface area contributed by atoms with Crippen LogP contribution >= 0.6 is 0 Å². The number of carbonyl (C=O) groups excluding carboxylic acids is 1. The summed E-state index contributed by atoms with van der Waals surface area (Å²) in [5, 5.41) is 12.0. The van der Waals surface area contributed by atoms with Gasteiger partial charge in [0, 0.05) is 53.7 Å². The second kappa shape index (κ2) is 8.26. The number of carbonyl (C=O) groups is 1. The van der Waals surface area contributed by atoms with E-state index in [-0.39, 0.29) is 11.7 Å². The Labute approximate surface area is 185 Å². The zero-order valence-electron chi connectivity index (χ0n) is 17.7. The lowest BCUT2D eigenvalue weighted by Crippen LogP contribution is -2.31. The molecule has 32 heavy (non-hydrogen) atoms. The predicted molar refractivity (Wildman–Crippen MR) is 122 cm³/mol. The Bertz CT molecular complexity index is 1270. The second-order valence-corrected chi connectivity index (χ2v) is 7.84. The minimum atomic E-state index is -0.393. The fourth-order valence-corrected chi connectivity index (χ4v) is 4.43. The third-order valence-corrected chi connectivity index (χ3v) is 5.99. The molecule has 0 saturated heterocycles. The largest absolute Gasteiger partial charge is 0.503 e. The fraction of sp³-hybridized carbons (Fsp3) is 0.200. The van der Waals surface area contributed by atoms with Crippen molar-refractivity contribution in [1.82, 2.24) is 19.4 Å². The van der Waals surface area contributed by atoms with E-state index in [4.69, 9.17) is 4.74 Å². The monoisotopic (exact) mass is 428 g/mol. The summed E-state index contributed by atoms with van der Waals surface area (Å²) < 4.78 is 7.29. The molecule has 0 fully saturated rings. The lowest BCUT2D eigenvalue weighted by atomic mass is 9.93. The maximum atomic E-state index is 13.2. The maximum Gasteiger partial charge on any atom is 0.289 e. The number of hydrogen-bond acceptors (Lipinski definition) is 4. The van der Waals surface area contributed by atoms with Crippen LogP contribution in [0.2, 0.25) is 0 Å². The normalized spacial score (nSPS) is 16.3. The zero-order valence-corrected chi connectivity index (χ0v) is 17.7. The van der Waals surface area contributed by atoms with Gasteiger partial charge in [0.15, 0.2) is 5.76 Å². The van der Waals surface area contributed by atoms with Gasteiger partial charge in [-0.1, -0.05) is 30.3 Å². The number of hydrogen-bond donors (Lipinski definition) is 2. The smallest absolute Gasteiger partial charge is 0.289 e. The van der Waals surface area contributed by atoms with E-state index in [1.165, 1.54) is 0 Å². The number of rotatable bonds is 7. The molecule has 162 valence electrons. The van der Waals surface area contributed by atoms with Crippen molar-refractivity contribution in [2.45, 2.75) is 19.0 Å². The maximum absolute atomic E-state index is 13.2. The van der Waals surface area contributed by atoms with Crippen molar-refractivity contribution in [2.24, 2.45) is 0 Å². The number of aliphatic hydroxyl groups is 1. The number of amides is 1. The lowest BCUT2D eigenvalue weighted by Gasteiger charge is -2.27. The third kappa shape index (κ3) is 3.41. The highest BCUT2D eigenvalue weighted by Gasteiger charge is 2.41. The van der Waals surface area contributed by atoms with Gasteiger partial charge in [0.2, 0.25) is 0 Å². The Hall–Kier alpha value is -4.00. The number of nitrogens with zero attached hydrogens (tertiary/aromatic N) is 3. The molecular weight excluding hydrogens is 404 g/mol. The first kappa shape index (κ1) is 19.9. The molecule has 1 atom stereocenters. The van der Waals surface area contributed by atoms with E-state index in [9.17, 15) is 9.90 Å². The van der Waals surface area contributed by atoms with Crippen LogP contribution in [0.4, 0.5) is 0 Å². The third-order valence-electron chi connectivity index (χ3n) is 5.99. The molecule has 1 unspecified atom stereocenters. The number of H-pyrrole nitrogens is 1. The molecule has 1 aliphatic heterocycles. The molecule has 2 aromatic heterocycles. The van der Waals surface area contributed by atoms with Gasteiger partial charge in [-0.3, -0.25) is 4.79 Å². The molecule has 1 amide bonds. The van der Waals surface area contributed by atoms with Crippen LogP contribution in [0.15, 0.2) is 79.2 Å². The van der Waals surface area contributed by atoms with E-state index in [2.05, 4.69) is 9.97 Å². The van der Waals surface area contributed by atoms with E-state index >= 15 is 0 Å². The molecule has 2 N–H and O–H groups in total. The number of fused-ring (bicyclic) bond motifs is 1. The van der Waals surface area contributed by atoms with Crippen molar-refractivity contribution in [1.29, 1.82) is 0 Å². The summed E-state index contributed by atoms with van der Waals surface area (Å²) in [7, 11) is 1.62. The first-order valence-corrected chi connectivity index (χ1v) is 10.6. The zero-order chi connectivity index (χ0) is 22.1.